The molecular weight excluding hydrogens is 380 g/mol. The molecule has 2 saturated carbocycles. The number of hydrogen-bond donors (Lipinski definition) is 2. The van der Waals surface area contributed by atoms with Crippen molar-refractivity contribution in [1.82, 2.24) is 10.6 Å². The molecule has 9 heteroatoms. The SMILES string of the molecule is O=C(CC1(C(=O)NCC(=O)OCC2CC2)CCOCC1)NCC(=O)OCC1CC1. The third-order valence-corrected chi connectivity index (χ3v) is 5.61. The molecule has 2 aliphatic carbocycles. The zero-order valence-electron chi connectivity index (χ0n) is 16.7. The second-order valence-corrected chi connectivity index (χ2v) is 8.28. The molecule has 0 radical (unpaired) electrons. The zero-order chi connectivity index (χ0) is 20.7. The molecule has 0 aromatic carbocycles. The van der Waals surface area contributed by atoms with Crippen molar-refractivity contribution >= 4 is 23.8 Å². The topological polar surface area (TPSA) is 120 Å². The normalized spacial score (nSPS) is 20.4. The van der Waals surface area contributed by atoms with Crippen molar-refractivity contribution in [3.8, 4) is 0 Å². The van der Waals surface area contributed by atoms with E-state index in [2.05, 4.69) is 10.6 Å². The first-order chi connectivity index (χ1) is 14.0. The van der Waals surface area contributed by atoms with E-state index >= 15 is 0 Å². The lowest BCUT2D eigenvalue weighted by Gasteiger charge is -2.35. The van der Waals surface area contributed by atoms with Gasteiger partial charge in [0.15, 0.2) is 0 Å². The minimum absolute atomic E-state index is 0.0742. The van der Waals surface area contributed by atoms with E-state index in [0.29, 0.717) is 51.1 Å². The average Bonchev–Trinajstić information content (AvgIpc) is 3.62. The molecule has 1 aliphatic heterocycles. The van der Waals surface area contributed by atoms with E-state index < -0.39 is 23.3 Å². The van der Waals surface area contributed by atoms with Gasteiger partial charge in [0.05, 0.1) is 18.6 Å². The van der Waals surface area contributed by atoms with Gasteiger partial charge in [0.2, 0.25) is 11.8 Å². The summed E-state index contributed by atoms with van der Waals surface area (Å²) in [6.45, 7) is 1.07. The quantitative estimate of drug-likeness (QED) is 0.471. The van der Waals surface area contributed by atoms with E-state index in [1.807, 2.05) is 0 Å². The predicted molar refractivity (Wildman–Crippen MR) is 100 cm³/mol. The molecule has 3 fully saturated rings. The van der Waals surface area contributed by atoms with E-state index in [4.69, 9.17) is 14.2 Å². The highest BCUT2D eigenvalue weighted by Gasteiger charge is 2.42. The maximum absolute atomic E-state index is 12.8. The Labute approximate surface area is 170 Å². The molecule has 3 rings (SSSR count). The summed E-state index contributed by atoms with van der Waals surface area (Å²) in [7, 11) is 0. The van der Waals surface area contributed by atoms with Crippen LogP contribution in [0.2, 0.25) is 0 Å². The number of ether oxygens (including phenoxy) is 3. The van der Waals surface area contributed by atoms with Crippen molar-refractivity contribution in [3.05, 3.63) is 0 Å². The minimum atomic E-state index is -0.961. The fraction of sp³-hybridized carbons (Fsp3) is 0.800. The van der Waals surface area contributed by atoms with Crippen molar-refractivity contribution in [3.63, 3.8) is 0 Å². The Kier molecular flexibility index (Phi) is 7.46. The Morgan fingerprint density at radius 3 is 1.86 bits per heavy atom. The highest BCUT2D eigenvalue weighted by atomic mass is 16.5. The van der Waals surface area contributed by atoms with Crippen LogP contribution in [0.15, 0.2) is 0 Å². The standard InChI is InChI=1S/C20H30N2O7/c23-16(21-10-17(24)28-12-14-1-2-14)9-20(5-7-27-8-6-20)19(26)22-11-18(25)29-13-15-3-4-15/h14-15H,1-13H2,(H,21,23)(H,22,26). The summed E-state index contributed by atoms with van der Waals surface area (Å²) in [5.41, 5.74) is -0.961. The van der Waals surface area contributed by atoms with Gasteiger partial charge in [-0.05, 0) is 50.4 Å². The lowest BCUT2D eigenvalue weighted by molar-refractivity contribution is -0.149. The summed E-state index contributed by atoms with van der Waals surface area (Å²) < 4.78 is 15.5. The molecule has 162 valence electrons. The van der Waals surface area contributed by atoms with Crippen LogP contribution in [0.1, 0.15) is 44.9 Å². The van der Waals surface area contributed by atoms with Crippen molar-refractivity contribution in [1.29, 1.82) is 0 Å². The molecule has 2 amide bonds. The Morgan fingerprint density at radius 2 is 1.34 bits per heavy atom. The minimum Gasteiger partial charge on any atom is -0.464 e. The summed E-state index contributed by atoms with van der Waals surface area (Å²) in [5, 5.41) is 5.14. The van der Waals surface area contributed by atoms with E-state index in [0.717, 1.165) is 25.7 Å². The highest BCUT2D eigenvalue weighted by molar-refractivity contribution is 5.91. The highest BCUT2D eigenvalue weighted by Crippen LogP contribution is 2.34. The number of carbonyl (C=O) groups excluding carboxylic acids is 4. The summed E-state index contributed by atoms with van der Waals surface area (Å²) in [4.78, 5) is 48.6. The summed E-state index contributed by atoms with van der Waals surface area (Å²) >= 11 is 0. The number of carbonyl (C=O) groups is 4. The molecule has 1 saturated heterocycles. The molecule has 2 N–H and O–H groups in total. The Morgan fingerprint density at radius 1 is 0.828 bits per heavy atom. The molecule has 0 atom stereocenters. The number of esters is 2. The van der Waals surface area contributed by atoms with E-state index in [1.165, 1.54) is 0 Å². The summed E-state index contributed by atoms with van der Waals surface area (Å²) in [6, 6.07) is 0. The van der Waals surface area contributed by atoms with Crippen LogP contribution in [-0.2, 0) is 33.4 Å². The van der Waals surface area contributed by atoms with Crippen molar-refractivity contribution in [2.45, 2.75) is 44.9 Å². The number of rotatable bonds is 11. The molecule has 0 aromatic heterocycles. The van der Waals surface area contributed by atoms with Gasteiger partial charge in [-0.25, -0.2) is 0 Å². The smallest absolute Gasteiger partial charge is 0.325 e. The first kappa shape index (κ1) is 21.5. The van der Waals surface area contributed by atoms with Crippen molar-refractivity contribution in [2.24, 2.45) is 17.3 Å². The van der Waals surface area contributed by atoms with Gasteiger partial charge in [0, 0.05) is 19.6 Å². The summed E-state index contributed by atoms with van der Waals surface area (Å²) in [5.74, 6) is -0.808. The van der Waals surface area contributed by atoms with Crippen LogP contribution in [0, 0.1) is 17.3 Å². The van der Waals surface area contributed by atoms with Crippen molar-refractivity contribution in [2.75, 3.05) is 39.5 Å². The molecule has 9 nitrogen and oxygen atoms in total. The maximum Gasteiger partial charge on any atom is 0.325 e. The van der Waals surface area contributed by atoms with E-state index in [1.54, 1.807) is 0 Å². The second-order valence-electron chi connectivity index (χ2n) is 8.28. The fourth-order valence-electron chi connectivity index (χ4n) is 3.22. The average molecular weight is 410 g/mol. The van der Waals surface area contributed by atoms with Crippen LogP contribution >= 0.6 is 0 Å². The fourth-order valence-corrected chi connectivity index (χ4v) is 3.22. The molecule has 0 aromatic rings. The van der Waals surface area contributed by atoms with Crippen LogP contribution in [0.25, 0.3) is 0 Å². The zero-order valence-corrected chi connectivity index (χ0v) is 16.7. The number of hydrogen-bond acceptors (Lipinski definition) is 7. The maximum atomic E-state index is 12.8. The molecule has 0 unspecified atom stereocenters. The van der Waals surface area contributed by atoms with E-state index in [-0.39, 0.29) is 25.4 Å². The lowest BCUT2D eigenvalue weighted by Crippen LogP contribution is -2.49. The second kappa shape index (κ2) is 10.0. The monoisotopic (exact) mass is 410 g/mol. The number of amides is 2. The van der Waals surface area contributed by atoms with Gasteiger partial charge in [0.1, 0.15) is 13.1 Å². The first-order valence-electron chi connectivity index (χ1n) is 10.4. The van der Waals surface area contributed by atoms with Gasteiger partial charge in [-0.1, -0.05) is 0 Å². The molecule has 29 heavy (non-hydrogen) atoms. The third kappa shape index (κ3) is 7.30. The van der Waals surface area contributed by atoms with Crippen LogP contribution in [0.3, 0.4) is 0 Å². The molecular formula is C20H30N2O7. The largest absolute Gasteiger partial charge is 0.464 e. The van der Waals surface area contributed by atoms with E-state index in [9.17, 15) is 19.2 Å². The van der Waals surface area contributed by atoms with Crippen LogP contribution in [0.4, 0.5) is 0 Å². The Balaban J connectivity index is 1.43. The molecule has 3 aliphatic rings. The van der Waals surface area contributed by atoms with Gasteiger partial charge in [-0.15, -0.1) is 0 Å². The van der Waals surface area contributed by atoms with Crippen LogP contribution in [0.5, 0.6) is 0 Å². The Hall–Kier alpha value is -2.16. The van der Waals surface area contributed by atoms with Crippen molar-refractivity contribution < 1.29 is 33.4 Å². The van der Waals surface area contributed by atoms with Gasteiger partial charge < -0.3 is 24.8 Å². The van der Waals surface area contributed by atoms with Gasteiger partial charge >= 0.3 is 11.9 Å². The third-order valence-electron chi connectivity index (χ3n) is 5.61. The molecule has 1 heterocycles. The molecule has 0 bridgehead atoms. The van der Waals surface area contributed by atoms with Crippen LogP contribution in [-0.4, -0.2) is 63.3 Å². The van der Waals surface area contributed by atoms with Gasteiger partial charge in [0.25, 0.3) is 0 Å². The summed E-state index contributed by atoms with van der Waals surface area (Å²) in [6.07, 6.45) is 4.97. The van der Waals surface area contributed by atoms with Crippen LogP contribution < -0.4 is 10.6 Å². The predicted octanol–water partition coefficient (Wildman–Crippen LogP) is 0.312. The Bertz CT molecular complexity index is 622. The number of nitrogens with one attached hydrogen (secondary N) is 2. The first-order valence-corrected chi connectivity index (χ1v) is 10.4. The lowest BCUT2D eigenvalue weighted by atomic mass is 9.76. The van der Waals surface area contributed by atoms with Gasteiger partial charge in [-0.2, -0.15) is 0 Å². The van der Waals surface area contributed by atoms with Gasteiger partial charge in [-0.3, -0.25) is 19.2 Å². The molecule has 0 spiro atoms.